The SMILES string of the molecule is CCON=C(c1ccc(Cl)cc1)C(C)CC(C#N)=C(OC(C)=S)C(=O)C1(C(F)(F)F)C=NN(C)C1Cl. The van der Waals surface area contributed by atoms with E-state index in [0.29, 0.717) is 22.5 Å². The molecule has 0 fully saturated rings. The van der Waals surface area contributed by atoms with Gasteiger partial charge in [0, 0.05) is 24.9 Å². The molecule has 1 aliphatic heterocycles. The van der Waals surface area contributed by atoms with E-state index in [9.17, 15) is 23.2 Å². The van der Waals surface area contributed by atoms with Crippen molar-refractivity contribution in [1.29, 1.82) is 5.26 Å². The quantitative estimate of drug-likeness (QED) is 0.0547. The Morgan fingerprint density at radius 1 is 1.39 bits per heavy atom. The topological polar surface area (TPSA) is 87.3 Å². The molecule has 0 N–H and O–H groups in total. The third kappa shape index (κ3) is 6.17. The molecule has 0 radical (unpaired) electrons. The van der Waals surface area contributed by atoms with Crippen molar-refractivity contribution in [2.75, 3.05) is 13.7 Å². The van der Waals surface area contributed by atoms with E-state index < -0.39 is 34.6 Å². The molecule has 0 aromatic heterocycles. The number of Topliss-reactive ketones (excluding diaryl/α,β-unsaturated/α-hetero) is 1. The van der Waals surface area contributed by atoms with E-state index >= 15 is 0 Å². The van der Waals surface area contributed by atoms with Gasteiger partial charge in [-0.3, -0.25) is 9.80 Å². The summed E-state index contributed by atoms with van der Waals surface area (Å²) in [6.45, 7) is 4.91. The van der Waals surface area contributed by atoms with Crippen LogP contribution < -0.4 is 0 Å². The van der Waals surface area contributed by atoms with Crippen LogP contribution in [0.25, 0.3) is 0 Å². The van der Waals surface area contributed by atoms with Crippen LogP contribution in [-0.4, -0.2) is 53.1 Å². The van der Waals surface area contributed by atoms with E-state index in [1.165, 1.54) is 14.0 Å². The lowest BCUT2D eigenvalue weighted by Crippen LogP contribution is -2.54. The zero-order chi connectivity index (χ0) is 27.3. The highest BCUT2D eigenvalue weighted by Gasteiger charge is 2.68. The predicted octanol–water partition coefficient (Wildman–Crippen LogP) is 5.86. The van der Waals surface area contributed by atoms with Crippen LogP contribution in [0.2, 0.25) is 5.02 Å². The number of nitrogens with zero attached hydrogens (tertiary/aromatic N) is 4. The predicted molar refractivity (Wildman–Crippen MR) is 135 cm³/mol. The van der Waals surface area contributed by atoms with Crippen LogP contribution in [0, 0.1) is 22.7 Å². The normalized spacial score (nSPS) is 21.5. The number of hydrogen-bond donors (Lipinski definition) is 0. The standard InChI is InChI=1S/C23H23Cl2F3N4O3S/c1-5-34-31-18(15-6-8-17(24)9-7-15)13(2)10-16(11-29)19(35-14(3)36)20(33)22(23(26,27)28)12-30-32(4)21(22)25/h6-9,12-13,21H,5,10H2,1-4H3. The van der Waals surface area contributed by atoms with Crippen molar-refractivity contribution in [2.24, 2.45) is 21.6 Å². The first-order chi connectivity index (χ1) is 16.8. The van der Waals surface area contributed by atoms with Crippen molar-refractivity contribution in [1.82, 2.24) is 5.01 Å². The van der Waals surface area contributed by atoms with E-state index in [1.807, 2.05) is 0 Å². The molecule has 1 aromatic carbocycles. The van der Waals surface area contributed by atoms with Gasteiger partial charge in [-0.15, -0.1) is 0 Å². The molecule has 0 aliphatic carbocycles. The molecule has 13 heteroatoms. The summed E-state index contributed by atoms with van der Waals surface area (Å²) in [6, 6.07) is 8.41. The van der Waals surface area contributed by atoms with E-state index in [1.54, 1.807) is 44.2 Å². The summed E-state index contributed by atoms with van der Waals surface area (Å²) in [5.41, 5.74) is -4.54. The Morgan fingerprint density at radius 3 is 2.44 bits per heavy atom. The van der Waals surface area contributed by atoms with Crippen LogP contribution in [0.15, 0.2) is 45.9 Å². The fourth-order valence-corrected chi connectivity index (χ4v) is 3.99. The Balaban J connectivity index is 2.61. The highest BCUT2D eigenvalue weighted by Crippen LogP contribution is 2.48. The van der Waals surface area contributed by atoms with Gasteiger partial charge in [0.15, 0.2) is 10.8 Å². The number of allylic oxidation sites excluding steroid dienone is 2. The van der Waals surface area contributed by atoms with Gasteiger partial charge in [-0.1, -0.05) is 47.4 Å². The lowest BCUT2D eigenvalue weighted by molar-refractivity contribution is -0.201. The fraction of sp³-hybridized carbons (Fsp3) is 0.435. The minimum Gasteiger partial charge on any atom is -0.446 e. The molecule has 7 nitrogen and oxygen atoms in total. The molecule has 0 bridgehead atoms. The number of hydrazone groups is 1. The molecule has 0 saturated heterocycles. The maximum Gasteiger partial charge on any atom is 0.410 e. The second-order valence-electron chi connectivity index (χ2n) is 7.87. The van der Waals surface area contributed by atoms with Crippen LogP contribution >= 0.6 is 35.4 Å². The number of carbonyl (C=O) groups excluding carboxylic acids is 1. The largest absolute Gasteiger partial charge is 0.446 e. The molecular formula is C23H23Cl2F3N4O3S. The number of halogens is 5. The molecule has 194 valence electrons. The van der Waals surface area contributed by atoms with Crippen molar-refractivity contribution >= 4 is 58.2 Å². The Hall–Kier alpha value is -2.68. The summed E-state index contributed by atoms with van der Waals surface area (Å²) in [5.74, 6) is -3.03. The Bertz CT molecular complexity index is 1130. The first-order valence-electron chi connectivity index (χ1n) is 10.6. The van der Waals surface area contributed by atoms with E-state index in [4.69, 9.17) is 45.0 Å². The highest BCUT2D eigenvalue weighted by molar-refractivity contribution is 7.80. The number of nitriles is 1. The van der Waals surface area contributed by atoms with Gasteiger partial charge in [0.2, 0.25) is 11.2 Å². The smallest absolute Gasteiger partial charge is 0.410 e. The Kier molecular flexibility index (Phi) is 9.88. The zero-order valence-electron chi connectivity index (χ0n) is 19.8. The summed E-state index contributed by atoms with van der Waals surface area (Å²) in [7, 11) is 1.19. The minimum absolute atomic E-state index is 0.220. The highest BCUT2D eigenvalue weighted by atomic mass is 35.5. The molecule has 3 unspecified atom stereocenters. The maximum atomic E-state index is 14.3. The number of oxime groups is 1. The third-order valence-corrected chi connectivity index (χ3v) is 6.22. The number of benzene rings is 1. The number of alkyl halides is 4. The number of carbonyl (C=O) groups is 1. The summed E-state index contributed by atoms with van der Waals surface area (Å²) >= 11 is 16.9. The number of thiocarbonyl (C=S) groups is 1. The molecule has 1 aromatic rings. The van der Waals surface area contributed by atoms with Gasteiger partial charge in [-0.05, 0) is 43.3 Å². The Labute approximate surface area is 222 Å². The minimum atomic E-state index is -5.15. The van der Waals surface area contributed by atoms with Gasteiger partial charge in [0.05, 0.1) is 23.6 Å². The maximum absolute atomic E-state index is 14.3. The van der Waals surface area contributed by atoms with Crippen molar-refractivity contribution in [2.45, 2.75) is 38.9 Å². The van der Waals surface area contributed by atoms with Crippen LogP contribution in [0.1, 0.15) is 32.8 Å². The summed E-state index contributed by atoms with van der Waals surface area (Å²) in [4.78, 5) is 18.7. The Morgan fingerprint density at radius 2 is 2.00 bits per heavy atom. The van der Waals surface area contributed by atoms with Crippen molar-refractivity contribution in [3.05, 3.63) is 46.2 Å². The third-order valence-electron chi connectivity index (χ3n) is 5.26. The van der Waals surface area contributed by atoms with Crippen LogP contribution in [0.5, 0.6) is 0 Å². The van der Waals surface area contributed by atoms with Crippen LogP contribution in [-0.2, 0) is 14.4 Å². The second kappa shape index (κ2) is 12.0. The summed E-state index contributed by atoms with van der Waals surface area (Å²) in [6.07, 6.45) is -4.95. The lowest BCUT2D eigenvalue weighted by Gasteiger charge is -2.32. The molecule has 1 aliphatic rings. The number of ether oxygens (including phenoxy) is 1. The van der Waals surface area contributed by atoms with Crippen molar-refractivity contribution in [3.8, 4) is 6.07 Å². The first-order valence-corrected chi connectivity index (χ1v) is 11.8. The van der Waals surface area contributed by atoms with E-state index in [0.717, 1.165) is 5.01 Å². The number of ketones is 1. The molecule has 36 heavy (non-hydrogen) atoms. The van der Waals surface area contributed by atoms with Gasteiger partial charge in [0.25, 0.3) is 0 Å². The summed E-state index contributed by atoms with van der Waals surface area (Å²) in [5, 5.41) is 18.6. The van der Waals surface area contributed by atoms with Gasteiger partial charge in [-0.2, -0.15) is 23.5 Å². The monoisotopic (exact) mass is 562 g/mol. The van der Waals surface area contributed by atoms with Gasteiger partial charge < -0.3 is 9.57 Å². The van der Waals surface area contributed by atoms with Crippen LogP contribution in [0.3, 0.4) is 0 Å². The van der Waals surface area contributed by atoms with Gasteiger partial charge in [-0.25, -0.2) is 0 Å². The van der Waals surface area contributed by atoms with Gasteiger partial charge in [0.1, 0.15) is 12.1 Å². The molecule has 0 spiro atoms. The summed E-state index contributed by atoms with van der Waals surface area (Å²) < 4.78 is 48.1. The average Bonchev–Trinajstić information content (AvgIpc) is 3.12. The fourth-order valence-electron chi connectivity index (χ4n) is 3.45. The molecule has 0 saturated carbocycles. The number of rotatable bonds is 9. The van der Waals surface area contributed by atoms with E-state index in [2.05, 4.69) is 10.3 Å². The average molecular weight is 563 g/mol. The van der Waals surface area contributed by atoms with E-state index in [-0.39, 0.29) is 23.7 Å². The number of hydrogen-bond acceptors (Lipinski definition) is 8. The lowest BCUT2D eigenvalue weighted by atomic mass is 9.81. The van der Waals surface area contributed by atoms with Crippen molar-refractivity contribution in [3.63, 3.8) is 0 Å². The molecule has 0 amide bonds. The van der Waals surface area contributed by atoms with Gasteiger partial charge >= 0.3 is 6.18 Å². The second-order valence-corrected chi connectivity index (χ2v) is 9.29. The molecule has 3 atom stereocenters. The van der Waals surface area contributed by atoms with Crippen LogP contribution in [0.4, 0.5) is 13.2 Å². The molecule has 2 rings (SSSR count). The molecular weight excluding hydrogens is 540 g/mol. The molecule has 1 heterocycles. The first kappa shape index (κ1) is 29.5. The van der Waals surface area contributed by atoms with Crippen molar-refractivity contribution < 1.29 is 27.5 Å². The zero-order valence-corrected chi connectivity index (χ0v) is 22.1.